The summed E-state index contributed by atoms with van der Waals surface area (Å²) in [6.07, 6.45) is 2.54. The molecule has 31 heavy (non-hydrogen) atoms. The molecule has 7 nitrogen and oxygen atoms in total. The van der Waals surface area contributed by atoms with Crippen LogP contribution in [0.2, 0.25) is 10.0 Å². The topological polar surface area (TPSA) is 92.8 Å². The molecule has 0 bridgehead atoms. The van der Waals surface area contributed by atoms with E-state index in [-0.39, 0.29) is 22.0 Å². The van der Waals surface area contributed by atoms with Gasteiger partial charge in [-0.25, -0.2) is 13.2 Å². The molecule has 1 N–H and O–H groups in total. The van der Waals surface area contributed by atoms with Crippen LogP contribution < -0.4 is 5.32 Å². The number of carbonyl (C=O) groups is 2. The fourth-order valence-electron chi connectivity index (χ4n) is 3.19. The Balaban J connectivity index is 1.61. The van der Waals surface area contributed by atoms with E-state index in [2.05, 4.69) is 5.32 Å². The lowest BCUT2D eigenvalue weighted by Gasteiger charge is -2.26. The Morgan fingerprint density at radius 1 is 1.03 bits per heavy atom. The molecule has 1 aliphatic heterocycles. The summed E-state index contributed by atoms with van der Waals surface area (Å²) < 4.78 is 32.2. The quantitative estimate of drug-likeness (QED) is 0.605. The number of nitrogens with one attached hydrogen (secondary N) is 1. The van der Waals surface area contributed by atoms with Crippen LogP contribution >= 0.6 is 23.2 Å². The molecular weight excluding hydrogens is 463 g/mol. The third-order valence-electron chi connectivity index (χ3n) is 4.81. The van der Waals surface area contributed by atoms with Crippen molar-refractivity contribution in [2.24, 2.45) is 0 Å². The zero-order chi connectivity index (χ0) is 22.4. The van der Waals surface area contributed by atoms with Crippen LogP contribution in [-0.4, -0.2) is 44.3 Å². The maximum Gasteiger partial charge on any atom is 0.338 e. The van der Waals surface area contributed by atoms with Crippen molar-refractivity contribution in [2.75, 3.05) is 19.7 Å². The molecule has 1 heterocycles. The van der Waals surface area contributed by atoms with E-state index in [0.717, 1.165) is 24.8 Å². The van der Waals surface area contributed by atoms with Crippen molar-refractivity contribution in [1.29, 1.82) is 0 Å². The first-order valence-corrected chi connectivity index (χ1v) is 11.9. The molecule has 2 aromatic carbocycles. The van der Waals surface area contributed by atoms with Crippen molar-refractivity contribution in [2.45, 2.75) is 30.7 Å². The standard InChI is InChI=1S/C21H22Cl2N2O5S/c22-17-6-4-5-15(11-17)13-24-20(26)14-30-21(27)16-7-8-18(23)19(12-16)31(28,29)25-9-2-1-3-10-25/h4-8,11-12H,1-3,9-10,13-14H2,(H,24,26). The summed E-state index contributed by atoms with van der Waals surface area (Å²) in [4.78, 5) is 24.2. The van der Waals surface area contributed by atoms with Gasteiger partial charge in [-0.3, -0.25) is 4.79 Å². The normalized spacial score (nSPS) is 14.8. The maximum atomic E-state index is 12.9. The zero-order valence-corrected chi connectivity index (χ0v) is 19.0. The highest BCUT2D eigenvalue weighted by Crippen LogP contribution is 2.28. The highest BCUT2D eigenvalue weighted by molar-refractivity contribution is 7.89. The molecule has 166 valence electrons. The van der Waals surface area contributed by atoms with Gasteiger partial charge in [0.25, 0.3) is 5.91 Å². The van der Waals surface area contributed by atoms with Crippen LogP contribution in [0, 0.1) is 0 Å². The third-order valence-corrected chi connectivity index (χ3v) is 7.43. The van der Waals surface area contributed by atoms with Crippen molar-refractivity contribution in [1.82, 2.24) is 9.62 Å². The molecule has 1 saturated heterocycles. The molecule has 0 aromatic heterocycles. The van der Waals surface area contributed by atoms with E-state index < -0.39 is 28.5 Å². The fraction of sp³-hybridized carbons (Fsp3) is 0.333. The first kappa shape index (κ1) is 23.5. The molecule has 0 spiro atoms. The van der Waals surface area contributed by atoms with E-state index in [1.54, 1.807) is 24.3 Å². The van der Waals surface area contributed by atoms with Gasteiger partial charge in [0.1, 0.15) is 4.90 Å². The molecule has 0 saturated carbocycles. The van der Waals surface area contributed by atoms with Gasteiger partial charge in [0.05, 0.1) is 10.6 Å². The van der Waals surface area contributed by atoms with Gasteiger partial charge >= 0.3 is 5.97 Å². The van der Waals surface area contributed by atoms with Gasteiger partial charge in [-0.05, 0) is 48.7 Å². The van der Waals surface area contributed by atoms with Crippen LogP contribution in [0.5, 0.6) is 0 Å². The summed E-state index contributed by atoms with van der Waals surface area (Å²) in [6.45, 7) is 0.562. The molecule has 1 fully saturated rings. The smallest absolute Gasteiger partial charge is 0.338 e. The van der Waals surface area contributed by atoms with E-state index in [9.17, 15) is 18.0 Å². The Labute approximate surface area is 191 Å². The largest absolute Gasteiger partial charge is 0.452 e. The average Bonchev–Trinajstić information content (AvgIpc) is 2.77. The number of nitrogens with zero attached hydrogens (tertiary/aromatic N) is 1. The number of esters is 1. The maximum absolute atomic E-state index is 12.9. The second-order valence-corrected chi connectivity index (χ2v) is 9.84. The molecule has 1 aliphatic rings. The van der Waals surface area contributed by atoms with Crippen LogP contribution in [0.4, 0.5) is 0 Å². The molecule has 0 atom stereocenters. The molecule has 10 heteroatoms. The van der Waals surface area contributed by atoms with Crippen LogP contribution in [0.25, 0.3) is 0 Å². The summed E-state index contributed by atoms with van der Waals surface area (Å²) in [5, 5.41) is 3.20. The minimum atomic E-state index is -3.82. The van der Waals surface area contributed by atoms with Crippen LogP contribution in [0.15, 0.2) is 47.4 Å². The van der Waals surface area contributed by atoms with Gasteiger partial charge in [0.2, 0.25) is 10.0 Å². The minimum absolute atomic E-state index is 0.00243. The van der Waals surface area contributed by atoms with E-state index in [4.69, 9.17) is 27.9 Å². The predicted octanol–water partition coefficient (Wildman–Crippen LogP) is 3.64. The number of benzene rings is 2. The summed E-state index contributed by atoms with van der Waals surface area (Å²) in [5.41, 5.74) is 0.806. The number of piperidine rings is 1. The lowest BCUT2D eigenvalue weighted by molar-refractivity contribution is -0.124. The Morgan fingerprint density at radius 2 is 1.77 bits per heavy atom. The van der Waals surface area contributed by atoms with Crippen molar-refractivity contribution < 1.29 is 22.7 Å². The van der Waals surface area contributed by atoms with Gasteiger partial charge < -0.3 is 10.1 Å². The fourth-order valence-corrected chi connectivity index (χ4v) is 5.42. The monoisotopic (exact) mass is 484 g/mol. The highest BCUT2D eigenvalue weighted by Gasteiger charge is 2.29. The van der Waals surface area contributed by atoms with Gasteiger partial charge in [-0.15, -0.1) is 0 Å². The Hall–Kier alpha value is -2.13. The number of ether oxygens (including phenoxy) is 1. The number of carbonyl (C=O) groups excluding carboxylic acids is 2. The number of amides is 1. The highest BCUT2D eigenvalue weighted by atomic mass is 35.5. The molecule has 0 radical (unpaired) electrons. The summed E-state index contributed by atoms with van der Waals surface area (Å²) >= 11 is 12.0. The molecule has 0 unspecified atom stereocenters. The van der Waals surface area contributed by atoms with E-state index in [1.807, 2.05) is 0 Å². The van der Waals surface area contributed by atoms with Crippen molar-refractivity contribution >= 4 is 45.1 Å². The molecule has 2 aromatic rings. The Bertz CT molecular complexity index is 1070. The van der Waals surface area contributed by atoms with Gasteiger partial charge in [0, 0.05) is 24.7 Å². The Morgan fingerprint density at radius 3 is 2.48 bits per heavy atom. The van der Waals surface area contributed by atoms with Crippen molar-refractivity contribution in [3.63, 3.8) is 0 Å². The lowest BCUT2D eigenvalue weighted by atomic mass is 10.2. The first-order chi connectivity index (χ1) is 14.8. The van der Waals surface area contributed by atoms with E-state index in [1.165, 1.54) is 22.5 Å². The number of hydrogen-bond donors (Lipinski definition) is 1. The molecule has 3 rings (SSSR count). The molecular formula is C21H22Cl2N2O5S. The first-order valence-electron chi connectivity index (χ1n) is 9.75. The van der Waals surface area contributed by atoms with Crippen LogP contribution in [0.3, 0.4) is 0 Å². The van der Waals surface area contributed by atoms with Crippen LogP contribution in [0.1, 0.15) is 35.2 Å². The second-order valence-electron chi connectivity index (χ2n) is 7.09. The number of hydrogen-bond acceptors (Lipinski definition) is 5. The summed E-state index contributed by atoms with van der Waals surface area (Å²) in [5.74, 6) is -1.31. The lowest BCUT2D eigenvalue weighted by Crippen LogP contribution is -2.35. The van der Waals surface area contributed by atoms with Gasteiger partial charge in [-0.2, -0.15) is 4.31 Å². The van der Waals surface area contributed by atoms with Gasteiger partial charge in [-0.1, -0.05) is 41.8 Å². The molecule has 1 amide bonds. The third kappa shape index (κ3) is 6.20. The van der Waals surface area contributed by atoms with E-state index in [0.29, 0.717) is 18.1 Å². The van der Waals surface area contributed by atoms with Crippen LogP contribution in [-0.2, 0) is 26.1 Å². The second kappa shape index (κ2) is 10.5. The molecule has 0 aliphatic carbocycles. The summed E-state index contributed by atoms with van der Waals surface area (Å²) in [7, 11) is -3.82. The zero-order valence-electron chi connectivity index (χ0n) is 16.6. The minimum Gasteiger partial charge on any atom is -0.452 e. The van der Waals surface area contributed by atoms with Crippen molar-refractivity contribution in [3.05, 3.63) is 63.6 Å². The average molecular weight is 485 g/mol. The number of sulfonamides is 1. The predicted molar refractivity (Wildman–Crippen MR) is 118 cm³/mol. The summed E-state index contributed by atoms with van der Waals surface area (Å²) in [6, 6.07) is 10.9. The SMILES string of the molecule is O=C(COC(=O)c1ccc(Cl)c(S(=O)(=O)N2CCCCC2)c1)NCc1cccc(Cl)c1. The number of halogens is 2. The number of rotatable bonds is 7. The van der Waals surface area contributed by atoms with Crippen molar-refractivity contribution in [3.8, 4) is 0 Å². The Kier molecular flexibility index (Phi) is 7.94. The van der Waals surface area contributed by atoms with E-state index >= 15 is 0 Å². The van der Waals surface area contributed by atoms with Gasteiger partial charge in [0.15, 0.2) is 6.61 Å².